The maximum Gasteiger partial charge on any atom is 0.337 e. The largest absolute Gasteiger partial charge is 0.465 e. The molecule has 0 unspecified atom stereocenters. The Bertz CT molecular complexity index is 326. The van der Waals surface area contributed by atoms with Crippen molar-refractivity contribution in [1.82, 2.24) is 0 Å². The molecule has 0 aliphatic rings. The minimum Gasteiger partial charge on any atom is -0.465 e. The Morgan fingerprint density at radius 1 is 1.54 bits per heavy atom. The first kappa shape index (κ1) is 10.4. The van der Waals surface area contributed by atoms with Gasteiger partial charge in [0.1, 0.15) is 5.82 Å². The van der Waals surface area contributed by atoms with Crippen LogP contribution in [0.4, 0.5) is 4.39 Å². The van der Waals surface area contributed by atoms with Gasteiger partial charge < -0.3 is 4.74 Å². The summed E-state index contributed by atoms with van der Waals surface area (Å²) in [6.45, 7) is 1.62. The molecule has 0 spiro atoms. The van der Waals surface area contributed by atoms with Crippen LogP contribution in [0.5, 0.6) is 0 Å². The number of halogens is 2. The SMILES string of the molecule is COC(=O)c1cc(C)c(F)c(I)c1. The second-order valence-corrected chi connectivity index (χ2v) is 3.74. The molecular formula is C9H8FIO2. The molecule has 0 amide bonds. The molecule has 0 saturated carbocycles. The average Bonchev–Trinajstić information content (AvgIpc) is 2.12. The summed E-state index contributed by atoms with van der Waals surface area (Å²) in [5, 5.41) is 0. The van der Waals surface area contributed by atoms with Crippen LogP contribution in [-0.2, 0) is 4.74 Å². The van der Waals surface area contributed by atoms with E-state index in [0.29, 0.717) is 14.7 Å². The molecular weight excluding hydrogens is 286 g/mol. The van der Waals surface area contributed by atoms with E-state index in [2.05, 4.69) is 4.74 Å². The van der Waals surface area contributed by atoms with Gasteiger partial charge in [0, 0.05) is 3.57 Å². The van der Waals surface area contributed by atoms with Crippen LogP contribution in [0.25, 0.3) is 0 Å². The van der Waals surface area contributed by atoms with E-state index < -0.39 is 5.97 Å². The Balaban J connectivity index is 3.20. The molecule has 0 aliphatic heterocycles. The molecule has 0 bridgehead atoms. The molecule has 0 saturated heterocycles. The van der Waals surface area contributed by atoms with Gasteiger partial charge in [-0.3, -0.25) is 0 Å². The minimum absolute atomic E-state index is 0.284. The van der Waals surface area contributed by atoms with Crippen molar-refractivity contribution in [3.05, 3.63) is 32.6 Å². The lowest BCUT2D eigenvalue weighted by Crippen LogP contribution is -2.03. The van der Waals surface area contributed by atoms with Crippen molar-refractivity contribution in [2.45, 2.75) is 6.92 Å². The van der Waals surface area contributed by atoms with Crippen molar-refractivity contribution in [1.29, 1.82) is 0 Å². The molecule has 4 heteroatoms. The molecule has 70 valence electrons. The van der Waals surface area contributed by atoms with Gasteiger partial charge in [-0.05, 0) is 47.2 Å². The number of carbonyl (C=O) groups is 1. The first-order valence-electron chi connectivity index (χ1n) is 3.60. The van der Waals surface area contributed by atoms with Crippen LogP contribution in [-0.4, -0.2) is 13.1 Å². The quantitative estimate of drug-likeness (QED) is 0.587. The Morgan fingerprint density at radius 3 is 2.62 bits per heavy atom. The van der Waals surface area contributed by atoms with Crippen LogP contribution >= 0.6 is 22.6 Å². The number of hydrogen-bond donors (Lipinski definition) is 0. The molecule has 1 rings (SSSR count). The zero-order valence-corrected chi connectivity index (χ0v) is 9.38. The van der Waals surface area contributed by atoms with Crippen LogP contribution in [0.2, 0.25) is 0 Å². The van der Waals surface area contributed by atoms with Crippen LogP contribution in [0.3, 0.4) is 0 Å². The van der Waals surface area contributed by atoms with E-state index in [4.69, 9.17) is 0 Å². The normalized spacial score (nSPS) is 9.85. The summed E-state index contributed by atoms with van der Waals surface area (Å²) < 4.78 is 18.1. The van der Waals surface area contributed by atoms with Crippen molar-refractivity contribution < 1.29 is 13.9 Å². The van der Waals surface area contributed by atoms with Gasteiger partial charge in [0.2, 0.25) is 0 Å². The van der Waals surface area contributed by atoms with E-state index in [1.54, 1.807) is 6.92 Å². The smallest absolute Gasteiger partial charge is 0.337 e. The van der Waals surface area contributed by atoms with Gasteiger partial charge in [0.25, 0.3) is 0 Å². The summed E-state index contributed by atoms with van der Waals surface area (Å²) in [5.74, 6) is -0.728. The molecule has 0 N–H and O–H groups in total. The number of aryl methyl sites for hydroxylation is 1. The molecule has 0 heterocycles. The standard InChI is InChI=1S/C9H8FIO2/c1-5-3-6(9(12)13-2)4-7(11)8(5)10/h3-4H,1-2H3. The second kappa shape index (κ2) is 4.04. The highest BCUT2D eigenvalue weighted by Crippen LogP contribution is 2.17. The van der Waals surface area contributed by atoms with Gasteiger partial charge in [0.15, 0.2) is 0 Å². The fraction of sp³-hybridized carbons (Fsp3) is 0.222. The topological polar surface area (TPSA) is 26.3 Å². The van der Waals surface area contributed by atoms with Gasteiger partial charge in [-0.15, -0.1) is 0 Å². The van der Waals surface area contributed by atoms with E-state index in [-0.39, 0.29) is 5.82 Å². The Hall–Kier alpha value is -0.650. The number of esters is 1. The molecule has 0 radical (unpaired) electrons. The molecule has 1 aromatic rings. The summed E-state index contributed by atoms with van der Waals surface area (Å²) in [4.78, 5) is 11.1. The van der Waals surface area contributed by atoms with Gasteiger partial charge in [0.05, 0.1) is 12.7 Å². The maximum atomic E-state index is 13.1. The number of ether oxygens (including phenoxy) is 1. The van der Waals surface area contributed by atoms with Gasteiger partial charge in [-0.25, -0.2) is 9.18 Å². The maximum absolute atomic E-state index is 13.1. The van der Waals surface area contributed by atoms with Gasteiger partial charge >= 0.3 is 5.97 Å². The fourth-order valence-electron chi connectivity index (χ4n) is 0.962. The summed E-state index contributed by atoms with van der Waals surface area (Å²) in [6.07, 6.45) is 0. The van der Waals surface area contributed by atoms with Crippen molar-refractivity contribution in [2.75, 3.05) is 7.11 Å². The Kier molecular flexibility index (Phi) is 3.24. The highest BCUT2D eigenvalue weighted by molar-refractivity contribution is 14.1. The number of rotatable bonds is 1. The summed E-state index contributed by atoms with van der Waals surface area (Å²) in [5.41, 5.74) is 0.832. The predicted octanol–water partition coefficient (Wildman–Crippen LogP) is 2.53. The van der Waals surface area contributed by atoms with E-state index in [1.807, 2.05) is 22.6 Å². The predicted molar refractivity (Wildman–Crippen MR) is 55.2 cm³/mol. The molecule has 0 fully saturated rings. The van der Waals surface area contributed by atoms with Crippen LogP contribution in [0.1, 0.15) is 15.9 Å². The van der Waals surface area contributed by atoms with E-state index in [1.165, 1.54) is 19.2 Å². The summed E-state index contributed by atoms with van der Waals surface area (Å²) >= 11 is 1.84. The Morgan fingerprint density at radius 2 is 2.15 bits per heavy atom. The third kappa shape index (κ3) is 2.18. The summed E-state index contributed by atoms with van der Waals surface area (Å²) in [7, 11) is 1.30. The molecule has 13 heavy (non-hydrogen) atoms. The molecule has 0 aromatic heterocycles. The van der Waals surface area contributed by atoms with Gasteiger partial charge in [-0.2, -0.15) is 0 Å². The fourth-order valence-corrected chi connectivity index (χ4v) is 1.72. The third-order valence-electron chi connectivity index (χ3n) is 1.63. The van der Waals surface area contributed by atoms with Crippen LogP contribution in [0.15, 0.2) is 12.1 Å². The number of methoxy groups -OCH3 is 1. The van der Waals surface area contributed by atoms with Crippen molar-refractivity contribution in [2.24, 2.45) is 0 Å². The summed E-state index contributed by atoms with van der Waals surface area (Å²) in [6, 6.07) is 2.94. The lowest BCUT2D eigenvalue weighted by molar-refractivity contribution is 0.0600. The minimum atomic E-state index is -0.444. The molecule has 2 nitrogen and oxygen atoms in total. The lowest BCUT2D eigenvalue weighted by Gasteiger charge is -2.03. The lowest BCUT2D eigenvalue weighted by atomic mass is 10.1. The van der Waals surface area contributed by atoms with E-state index in [9.17, 15) is 9.18 Å². The zero-order valence-electron chi connectivity index (χ0n) is 7.23. The molecule has 0 aliphatic carbocycles. The monoisotopic (exact) mass is 294 g/mol. The highest BCUT2D eigenvalue weighted by Gasteiger charge is 2.10. The van der Waals surface area contributed by atoms with Crippen molar-refractivity contribution in [3.63, 3.8) is 0 Å². The Labute approximate surface area is 89.2 Å². The zero-order chi connectivity index (χ0) is 10.0. The second-order valence-electron chi connectivity index (χ2n) is 2.58. The van der Waals surface area contributed by atoms with Crippen LogP contribution < -0.4 is 0 Å². The molecule has 1 aromatic carbocycles. The first-order chi connectivity index (χ1) is 6.06. The highest BCUT2D eigenvalue weighted by atomic mass is 127. The van der Waals surface area contributed by atoms with Crippen LogP contribution in [0, 0.1) is 16.3 Å². The number of benzene rings is 1. The molecule has 0 atom stereocenters. The van der Waals surface area contributed by atoms with E-state index in [0.717, 1.165) is 0 Å². The first-order valence-corrected chi connectivity index (χ1v) is 4.68. The van der Waals surface area contributed by atoms with Gasteiger partial charge in [-0.1, -0.05) is 0 Å². The number of carbonyl (C=O) groups excluding carboxylic acids is 1. The van der Waals surface area contributed by atoms with E-state index >= 15 is 0 Å². The van der Waals surface area contributed by atoms with Crippen molar-refractivity contribution in [3.8, 4) is 0 Å². The third-order valence-corrected chi connectivity index (χ3v) is 2.42. The van der Waals surface area contributed by atoms with Crippen molar-refractivity contribution >= 4 is 28.6 Å². The average molecular weight is 294 g/mol. The number of hydrogen-bond acceptors (Lipinski definition) is 2.